The van der Waals surface area contributed by atoms with Gasteiger partial charge in [0.05, 0.1) is 5.92 Å². The van der Waals surface area contributed by atoms with Gasteiger partial charge < -0.3 is 14.9 Å². The molecule has 1 N–H and O–H groups in total. The second kappa shape index (κ2) is 8.29. The molecule has 2 atom stereocenters. The summed E-state index contributed by atoms with van der Waals surface area (Å²) < 4.78 is 0. The maximum atomic E-state index is 12.3. The van der Waals surface area contributed by atoms with Crippen molar-refractivity contribution in [1.82, 2.24) is 9.80 Å². The fourth-order valence-corrected chi connectivity index (χ4v) is 3.42. The standard InChI is InChI=1S/C19H28N2O3/c1-14(2)16-12-21(13-17(16)19(23)24)10-9-18(22)20(3)11-15-7-5-4-6-8-15/h4-8,14,16-17H,9-13H2,1-3H3,(H,23,24)/t16-,17+/m1/s1. The van der Waals surface area contributed by atoms with Crippen molar-refractivity contribution in [3.63, 3.8) is 0 Å². The molecule has 1 aliphatic rings. The number of carboxylic acid groups (broad SMARTS) is 1. The van der Waals surface area contributed by atoms with Gasteiger partial charge >= 0.3 is 5.97 Å². The van der Waals surface area contributed by atoms with Gasteiger partial charge in [0.1, 0.15) is 0 Å². The lowest BCUT2D eigenvalue weighted by Crippen LogP contribution is -2.31. The molecule has 2 rings (SSSR count). The van der Waals surface area contributed by atoms with Gasteiger partial charge in [-0.15, -0.1) is 0 Å². The van der Waals surface area contributed by atoms with Crippen LogP contribution in [-0.4, -0.2) is 53.5 Å². The number of hydrogen-bond donors (Lipinski definition) is 1. The molecule has 1 aliphatic heterocycles. The van der Waals surface area contributed by atoms with E-state index in [-0.39, 0.29) is 17.7 Å². The average molecular weight is 332 g/mol. The number of hydrogen-bond acceptors (Lipinski definition) is 3. The molecular formula is C19H28N2O3. The predicted octanol–water partition coefficient (Wildman–Crippen LogP) is 2.32. The largest absolute Gasteiger partial charge is 0.481 e. The third-order valence-corrected chi connectivity index (χ3v) is 4.94. The summed E-state index contributed by atoms with van der Waals surface area (Å²) in [7, 11) is 1.82. The van der Waals surface area contributed by atoms with Gasteiger partial charge in [-0.05, 0) is 17.4 Å². The topological polar surface area (TPSA) is 60.9 Å². The third-order valence-electron chi connectivity index (χ3n) is 4.94. The molecule has 0 saturated carbocycles. The number of carboxylic acids is 1. The lowest BCUT2D eigenvalue weighted by atomic mass is 9.86. The highest BCUT2D eigenvalue weighted by Crippen LogP contribution is 2.29. The monoisotopic (exact) mass is 332 g/mol. The van der Waals surface area contributed by atoms with Crippen LogP contribution in [0, 0.1) is 17.8 Å². The van der Waals surface area contributed by atoms with E-state index in [9.17, 15) is 14.7 Å². The number of aliphatic carboxylic acids is 1. The summed E-state index contributed by atoms with van der Waals surface area (Å²) in [4.78, 5) is 27.6. The molecule has 0 bridgehead atoms. The van der Waals surface area contributed by atoms with Crippen molar-refractivity contribution >= 4 is 11.9 Å². The highest BCUT2D eigenvalue weighted by atomic mass is 16.4. The van der Waals surface area contributed by atoms with Crippen LogP contribution in [0.15, 0.2) is 30.3 Å². The smallest absolute Gasteiger partial charge is 0.308 e. The Morgan fingerprint density at radius 3 is 2.46 bits per heavy atom. The molecule has 0 unspecified atom stereocenters. The van der Waals surface area contributed by atoms with Gasteiger partial charge in [0.2, 0.25) is 5.91 Å². The molecule has 0 radical (unpaired) electrons. The lowest BCUT2D eigenvalue weighted by molar-refractivity contribution is -0.143. The van der Waals surface area contributed by atoms with Crippen molar-refractivity contribution in [2.75, 3.05) is 26.7 Å². The van der Waals surface area contributed by atoms with E-state index in [1.165, 1.54) is 0 Å². The molecule has 0 aromatic heterocycles. The summed E-state index contributed by atoms with van der Waals surface area (Å²) in [6.45, 7) is 6.70. The van der Waals surface area contributed by atoms with Gasteiger partial charge in [-0.1, -0.05) is 44.2 Å². The molecule has 1 aromatic rings. The van der Waals surface area contributed by atoms with Crippen LogP contribution in [0.4, 0.5) is 0 Å². The molecule has 5 heteroatoms. The number of likely N-dealkylation sites (tertiary alicyclic amines) is 1. The minimum absolute atomic E-state index is 0.0960. The van der Waals surface area contributed by atoms with Crippen molar-refractivity contribution in [3.8, 4) is 0 Å². The Morgan fingerprint density at radius 2 is 1.92 bits per heavy atom. The Balaban J connectivity index is 1.82. The van der Waals surface area contributed by atoms with E-state index < -0.39 is 5.97 Å². The summed E-state index contributed by atoms with van der Waals surface area (Å²) in [5.74, 6) is -0.434. The second-order valence-electron chi connectivity index (χ2n) is 7.10. The first kappa shape index (κ1) is 18.5. The van der Waals surface area contributed by atoms with Gasteiger partial charge in [-0.2, -0.15) is 0 Å². The van der Waals surface area contributed by atoms with Crippen LogP contribution in [0.1, 0.15) is 25.8 Å². The number of amides is 1. The van der Waals surface area contributed by atoms with Gasteiger partial charge in [-0.25, -0.2) is 0 Å². The lowest BCUT2D eigenvalue weighted by Gasteiger charge is -2.21. The van der Waals surface area contributed by atoms with Crippen LogP contribution in [0.5, 0.6) is 0 Å². The van der Waals surface area contributed by atoms with Crippen LogP contribution in [0.2, 0.25) is 0 Å². The Morgan fingerprint density at radius 1 is 1.25 bits per heavy atom. The number of nitrogens with zero attached hydrogens (tertiary/aromatic N) is 2. The number of carbonyl (C=O) groups is 2. The molecule has 5 nitrogen and oxygen atoms in total. The van der Waals surface area contributed by atoms with Crippen LogP contribution >= 0.6 is 0 Å². The molecule has 132 valence electrons. The summed E-state index contributed by atoms with van der Waals surface area (Å²) in [6, 6.07) is 9.92. The van der Waals surface area contributed by atoms with Gasteiger partial charge in [0.25, 0.3) is 0 Å². The first-order valence-corrected chi connectivity index (χ1v) is 8.61. The summed E-state index contributed by atoms with van der Waals surface area (Å²) >= 11 is 0. The highest BCUT2D eigenvalue weighted by molar-refractivity contribution is 5.76. The minimum atomic E-state index is -0.719. The third kappa shape index (κ3) is 4.81. The first-order valence-electron chi connectivity index (χ1n) is 8.61. The predicted molar refractivity (Wildman–Crippen MR) is 93.4 cm³/mol. The fourth-order valence-electron chi connectivity index (χ4n) is 3.42. The number of rotatable bonds is 7. The maximum Gasteiger partial charge on any atom is 0.308 e. The zero-order valence-corrected chi connectivity index (χ0v) is 14.8. The molecule has 1 amide bonds. The van der Waals surface area contributed by atoms with Gasteiger partial charge in [0, 0.05) is 39.6 Å². The van der Waals surface area contributed by atoms with E-state index in [1.807, 2.05) is 37.4 Å². The van der Waals surface area contributed by atoms with Crippen LogP contribution in [0.25, 0.3) is 0 Å². The van der Waals surface area contributed by atoms with E-state index in [0.29, 0.717) is 32.0 Å². The fraction of sp³-hybridized carbons (Fsp3) is 0.579. The van der Waals surface area contributed by atoms with Crippen molar-refractivity contribution in [2.45, 2.75) is 26.8 Å². The molecule has 0 aliphatic carbocycles. The van der Waals surface area contributed by atoms with Crippen molar-refractivity contribution in [3.05, 3.63) is 35.9 Å². The summed E-state index contributed by atoms with van der Waals surface area (Å²) in [5, 5.41) is 9.38. The SMILES string of the molecule is CC(C)[C@H]1CN(CCC(=O)N(C)Cc2ccccc2)C[C@@H]1C(=O)O. The van der Waals surface area contributed by atoms with Crippen molar-refractivity contribution in [1.29, 1.82) is 0 Å². The van der Waals surface area contributed by atoms with Crippen molar-refractivity contribution < 1.29 is 14.7 Å². The average Bonchev–Trinajstić information content (AvgIpc) is 2.98. The van der Waals surface area contributed by atoms with E-state index in [0.717, 1.165) is 12.1 Å². The number of carbonyl (C=O) groups excluding carboxylic acids is 1. The van der Waals surface area contributed by atoms with E-state index >= 15 is 0 Å². The maximum absolute atomic E-state index is 12.3. The Bertz CT molecular complexity index is 559. The van der Waals surface area contributed by atoms with E-state index in [2.05, 4.69) is 18.7 Å². The van der Waals surface area contributed by atoms with Gasteiger partial charge in [-0.3, -0.25) is 9.59 Å². The molecular weight excluding hydrogens is 304 g/mol. The molecule has 1 fully saturated rings. The zero-order chi connectivity index (χ0) is 17.7. The first-order chi connectivity index (χ1) is 11.4. The summed E-state index contributed by atoms with van der Waals surface area (Å²) in [6.07, 6.45) is 0.431. The zero-order valence-electron chi connectivity index (χ0n) is 14.8. The molecule has 24 heavy (non-hydrogen) atoms. The Kier molecular flexibility index (Phi) is 6.37. The van der Waals surface area contributed by atoms with Gasteiger partial charge in [0.15, 0.2) is 0 Å². The van der Waals surface area contributed by atoms with E-state index in [1.54, 1.807) is 4.90 Å². The van der Waals surface area contributed by atoms with Crippen molar-refractivity contribution in [2.24, 2.45) is 17.8 Å². The quantitative estimate of drug-likeness (QED) is 0.832. The second-order valence-corrected chi connectivity index (χ2v) is 7.10. The number of benzene rings is 1. The molecule has 1 saturated heterocycles. The van der Waals surface area contributed by atoms with Crippen LogP contribution < -0.4 is 0 Å². The van der Waals surface area contributed by atoms with Crippen LogP contribution in [0.3, 0.4) is 0 Å². The van der Waals surface area contributed by atoms with E-state index in [4.69, 9.17) is 0 Å². The minimum Gasteiger partial charge on any atom is -0.481 e. The highest BCUT2D eigenvalue weighted by Gasteiger charge is 2.38. The molecule has 1 aromatic carbocycles. The normalized spacial score (nSPS) is 21.2. The molecule has 1 heterocycles. The molecule has 0 spiro atoms. The Labute approximate surface area is 144 Å². The Hall–Kier alpha value is -1.88. The summed E-state index contributed by atoms with van der Waals surface area (Å²) in [5.41, 5.74) is 1.11. The van der Waals surface area contributed by atoms with Crippen LogP contribution in [-0.2, 0) is 16.1 Å².